The number of hydrogen-bond acceptors (Lipinski definition) is 2. The molecule has 0 saturated carbocycles. The van der Waals surface area contributed by atoms with Crippen LogP contribution in [0.1, 0.15) is 43.7 Å². The molecular formula is C16H27NO. The summed E-state index contributed by atoms with van der Waals surface area (Å²) in [6.07, 6.45) is 2.15. The first-order valence-corrected chi connectivity index (χ1v) is 6.98. The van der Waals surface area contributed by atoms with Crippen LogP contribution in [-0.2, 0) is 4.74 Å². The van der Waals surface area contributed by atoms with Crippen molar-refractivity contribution in [2.75, 3.05) is 19.8 Å². The average molecular weight is 249 g/mol. The highest BCUT2D eigenvalue weighted by Crippen LogP contribution is 2.19. The monoisotopic (exact) mass is 249 g/mol. The first-order valence-electron chi connectivity index (χ1n) is 6.98. The van der Waals surface area contributed by atoms with Gasteiger partial charge in [-0.25, -0.2) is 0 Å². The molecular weight excluding hydrogens is 222 g/mol. The topological polar surface area (TPSA) is 35.2 Å². The lowest BCUT2D eigenvalue weighted by Gasteiger charge is -2.16. The lowest BCUT2D eigenvalue weighted by atomic mass is 9.95. The third kappa shape index (κ3) is 5.65. The third-order valence-electron chi connectivity index (χ3n) is 3.25. The van der Waals surface area contributed by atoms with Crippen molar-refractivity contribution in [3.05, 3.63) is 35.4 Å². The Kier molecular flexibility index (Phi) is 6.99. The highest BCUT2D eigenvalue weighted by molar-refractivity contribution is 5.25. The second kappa shape index (κ2) is 8.28. The van der Waals surface area contributed by atoms with E-state index in [-0.39, 0.29) is 0 Å². The van der Waals surface area contributed by atoms with Crippen molar-refractivity contribution in [3.8, 4) is 0 Å². The number of hydrogen-bond donors (Lipinski definition) is 1. The second-order valence-corrected chi connectivity index (χ2v) is 5.43. The molecule has 2 nitrogen and oxygen atoms in total. The molecule has 18 heavy (non-hydrogen) atoms. The van der Waals surface area contributed by atoms with E-state index < -0.39 is 0 Å². The van der Waals surface area contributed by atoms with Crippen LogP contribution in [0, 0.1) is 12.8 Å². The molecule has 0 bridgehead atoms. The molecule has 1 aromatic rings. The minimum absolute atomic E-state index is 0.420. The summed E-state index contributed by atoms with van der Waals surface area (Å²) in [6.45, 7) is 8.93. The minimum Gasteiger partial charge on any atom is -0.381 e. The predicted molar refractivity (Wildman–Crippen MR) is 77.9 cm³/mol. The van der Waals surface area contributed by atoms with Gasteiger partial charge in [0.25, 0.3) is 0 Å². The van der Waals surface area contributed by atoms with Crippen molar-refractivity contribution in [3.63, 3.8) is 0 Å². The number of nitrogens with two attached hydrogens (primary N) is 1. The fourth-order valence-corrected chi connectivity index (χ4v) is 1.99. The lowest BCUT2D eigenvalue weighted by Crippen LogP contribution is -2.15. The van der Waals surface area contributed by atoms with Crippen LogP contribution in [0.5, 0.6) is 0 Å². The molecule has 2 heteroatoms. The Hall–Kier alpha value is -0.860. The van der Waals surface area contributed by atoms with Crippen molar-refractivity contribution in [2.24, 2.45) is 11.7 Å². The SMILES string of the molecule is Cc1cccc(C(CN)CCOCCC(C)C)c1. The van der Waals surface area contributed by atoms with Crippen molar-refractivity contribution in [2.45, 2.75) is 39.5 Å². The number of ether oxygens (including phenoxy) is 1. The molecule has 0 heterocycles. The fraction of sp³-hybridized carbons (Fsp3) is 0.625. The van der Waals surface area contributed by atoms with E-state index in [2.05, 4.69) is 45.0 Å². The Morgan fingerprint density at radius 1 is 1.17 bits per heavy atom. The number of aryl methyl sites for hydroxylation is 1. The van der Waals surface area contributed by atoms with Crippen LogP contribution in [0.15, 0.2) is 24.3 Å². The van der Waals surface area contributed by atoms with E-state index in [9.17, 15) is 0 Å². The molecule has 1 aromatic carbocycles. The Morgan fingerprint density at radius 2 is 1.89 bits per heavy atom. The van der Waals surface area contributed by atoms with Crippen molar-refractivity contribution < 1.29 is 4.74 Å². The molecule has 0 aromatic heterocycles. The maximum Gasteiger partial charge on any atom is 0.0472 e. The zero-order chi connectivity index (χ0) is 13.4. The van der Waals surface area contributed by atoms with Crippen LogP contribution >= 0.6 is 0 Å². The number of benzene rings is 1. The summed E-state index contributed by atoms with van der Waals surface area (Å²) in [4.78, 5) is 0. The van der Waals surface area contributed by atoms with Crippen LogP contribution in [0.4, 0.5) is 0 Å². The van der Waals surface area contributed by atoms with Gasteiger partial charge in [-0.2, -0.15) is 0 Å². The maximum atomic E-state index is 5.86. The molecule has 0 amide bonds. The van der Waals surface area contributed by atoms with Crippen molar-refractivity contribution in [1.82, 2.24) is 0 Å². The molecule has 1 unspecified atom stereocenters. The van der Waals surface area contributed by atoms with E-state index in [4.69, 9.17) is 10.5 Å². The lowest BCUT2D eigenvalue weighted by molar-refractivity contribution is 0.117. The van der Waals surface area contributed by atoms with Gasteiger partial charge in [-0.1, -0.05) is 43.7 Å². The molecule has 2 N–H and O–H groups in total. The normalized spacial score (nSPS) is 12.9. The molecule has 0 saturated heterocycles. The van der Waals surface area contributed by atoms with Gasteiger partial charge in [0.2, 0.25) is 0 Å². The summed E-state index contributed by atoms with van der Waals surface area (Å²) < 4.78 is 5.67. The van der Waals surface area contributed by atoms with Crippen LogP contribution in [0.25, 0.3) is 0 Å². The largest absolute Gasteiger partial charge is 0.381 e. The van der Waals surface area contributed by atoms with Gasteiger partial charge in [0, 0.05) is 13.2 Å². The van der Waals surface area contributed by atoms with Crippen molar-refractivity contribution >= 4 is 0 Å². The molecule has 0 fully saturated rings. The van der Waals surface area contributed by atoms with E-state index >= 15 is 0 Å². The molecule has 1 rings (SSSR count). The van der Waals surface area contributed by atoms with Gasteiger partial charge in [0.15, 0.2) is 0 Å². The summed E-state index contributed by atoms with van der Waals surface area (Å²) in [5.74, 6) is 1.14. The molecule has 0 aliphatic carbocycles. The quantitative estimate of drug-likeness (QED) is 0.716. The van der Waals surface area contributed by atoms with Gasteiger partial charge >= 0.3 is 0 Å². The molecule has 0 spiro atoms. The highest BCUT2D eigenvalue weighted by atomic mass is 16.5. The van der Waals surface area contributed by atoms with Gasteiger partial charge in [0.05, 0.1) is 0 Å². The van der Waals surface area contributed by atoms with E-state index in [1.54, 1.807) is 0 Å². The summed E-state index contributed by atoms with van der Waals surface area (Å²) in [6, 6.07) is 8.62. The third-order valence-corrected chi connectivity index (χ3v) is 3.25. The maximum absolute atomic E-state index is 5.86. The summed E-state index contributed by atoms with van der Waals surface area (Å²) >= 11 is 0. The second-order valence-electron chi connectivity index (χ2n) is 5.43. The number of rotatable bonds is 8. The van der Waals surface area contributed by atoms with Crippen molar-refractivity contribution in [1.29, 1.82) is 0 Å². The summed E-state index contributed by atoms with van der Waals surface area (Å²) in [7, 11) is 0. The highest BCUT2D eigenvalue weighted by Gasteiger charge is 2.09. The van der Waals surface area contributed by atoms with E-state index in [1.807, 2.05) is 0 Å². The van der Waals surface area contributed by atoms with Crippen LogP contribution in [0.2, 0.25) is 0 Å². The Labute approximate surface area is 112 Å². The van der Waals surface area contributed by atoms with Gasteiger partial charge in [-0.05, 0) is 43.7 Å². The zero-order valence-corrected chi connectivity index (χ0v) is 12.0. The molecule has 102 valence electrons. The Balaban J connectivity index is 2.34. The van der Waals surface area contributed by atoms with E-state index in [0.717, 1.165) is 26.1 Å². The zero-order valence-electron chi connectivity index (χ0n) is 12.0. The summed E-state index contributed by atoms with van der Waals surface area (Å²) in [5, 5.41) is 0. The van der Waals surface area contributed by atoms with Gasteiger partial charge in [-0.3, -0.25) is 0 Å². The molecule has 0 aliphatic rings. The Bertz CT molecular complexity index is 336. The fourth-order valence-electron chi connectivity index (χ4n) is 1.99. The molecule has 0 aliphatic heterocycles. The predicted octanol–water partition coefficient (Wildman–Crippen LogP) is 3.49. The average Bonchev–Trinajstić information content (AvgIpc) is 2.33. The molecule has 0 radical (unpaired) electrons. The Morgan fingerprint density at radius 3 is 2.50 bits per heavy atom. The van der Waals surface area contributed by atoms with Gasteiger partial charge < -0.3 is 10.5 Å². The van der Waals surface area contributed by atoms with Crippen LogP contribution < -0.4 is 5.73 Å². The van der Waals surface area contributed by atoms with E-state index in [1.165, 1.54) is 11.1 Å². The summed E-state index contributed by atoms with van der Waals surface area (Å²) in [5.41, 5.74) is 8.50. The van der Waals surface area contributed by atoms with Gasteiger partial charge in [0.1, 0.15) is 0 Å². The first-order chi connectivity index (χ1) is 8.63. The van der Waals surface area contributed by atoms with Crippen LogP contribution in [-0.4, -0.2) is 19.8 Å². The smallest absolute Gasteiger partial charge is 0.0472 e. The molecule has 1 atom stereocenters. The van der Waals surface area contributed by atoms with Crippen LogP contribution in [0.3, 0.4) is 0 Å². The standard InChI is InChI=1S/C16H27NO/c1-13(2)7-9-18-10-8-16(12-17)15-6-4-5-14(3)11-15/h4-6,11,13,16H,7-10,12,17H2,1-3H3. The minimum atomic E-state index is 0.420. The first kappa shape index (κ1) is 15.2. The van der Waals surface area contributed by atoms with E-state index in [0.29, 0.717) is 18.4 Å². The van der Waals surface area contributed by atoms with Gasteiger partial charge in [-0.15, -0.1) is 0 Å².